The molecule has 0 aliphatic carbocycles. The lowest BCUT2D eigenvalue weighted by molar-refractivity contribution is 0.200. The third-order valence-electron chi connectivity index (χ3n) is 4.85. The molecule has 2 aliphatic heterocycles. The van der Waals surface area contributed by atoms with Crippen molar-refractivity contribution in [2.75, 3.05) is 42.6 Å². The molecule has 0 spiro atoms. The summed E-state index contributed by atoms with van der Waals surface area (Å²) in [6.07, 6.45) is 4.15. The van der Waals surface area contributed by atoms with E-state index in [1.54, 1.807) is 17.2 Å². The molecule has 2 fully saturated rings. The monoisotopic (exact) mass is 336 g/mol. The number of hydrogen-bond donors (Lipinski definition) is 0. The fourth-order valence-corrected chi connectivity index (χ4v) is 5.33. The molecule has 23 heavy (non-hydrogen) atoms. The Morgan fingerprint density at radius 3 is 2.65 bits per heavy atom. The number of fused-ring (bicyclic) bond motifs is 1. The van der Waals surface area contributed by atoms with Crippen LogP contribution in [-0.4, -0.2) is 76.8 Å². The standard InChI is InChI=1S/C14H20N6O2S/c1-18-13-12(8-17-18)14(16-10-15-13)20-5-3-19(4-6-20)11-2-7-23(21,22)9-11/h8,10-11H,2-7,9H2,1H3/t11-/m1/s1. The zero-order valence-corrected chi connectivity index (χ0v) is 13.9. The molecule has 0 N–H and O–H groups in total. The van der Waals surface area contributed by atoms with Crippen molar-refractivity contribution in [3.05, 3.63) is 12.5 Å². The average Bonchev–Trinajstić information content (AvgIpc) is 3.10. The summed E-state index contributed by atoms with van der Waals surface area (Å²) in [5.41, 5.74) is 0.833. The van der Waals surface area contributed by atoms with E-state index in [1.165, 1.54) is 0 Å². The van der Waals surface area contributed by atoms with Gasteiger partial charge in [-0.1, -0.05) is 0 Å². The van der Waals surface area contributed by atoms with Gasteiger partial charge in [-0.05, 0) is 6.42 Å². The van der Waals surface area contributed by atoms with E-state index in [1.807, 2.05) is 7.05 Å². The third-order valence-corrected chi connectivity index (χ3v) is 6.60. The largest absolute Gasteiger partial charge is 0.353 e. The molecule has 9 heteroatoms. The van der Waals surface area contributed by atoms with E-state index >= 15 is 0 Å². The predicted octanol–water partition coefficient (Wildman–Crippen LogP) is -0.328. The molecule has 4 heterocycles. The van der Waals surface area contributed by atoms with E-state index in [0.29, 0.717) is 11.5 Å². The molecule has 2 aromatic rings. The molecular formula is C14H20N6O2S. The van der Waals surface area contributed by atoms with Crippen LogP contribution < -0.4 is 4.90 Å². The lowest BCUT2D eigenvalue weighted by atomic mass is 10.2. The number of piperazine rings is 1. The summed E-state index contributed by atoms with van der Waals surface area (Å²) < 4.78 is 25.1. The molecular weight excluding hydrogens is 316 g/mol. The number of nitrogens with zero attached hydrogens (tertiary/aromatic N) is 6. The first-order valence-electron chi connectivity index (χ1n) is 7.86. The van der Waals surface area contributed by atoms with E-state index in [9.17, 15) is 8.42 Å². The van der Waals surface area contributed by atoms with E-state index in [4.69, 9.17) is 0 Å². The molecule has 4 rings (SSSR count). The van der Waals surface area contributed by atoms with Gasteiger partial charge in [0.25, 0.3) is 0 Å². The van der Waals surface area contributed by atoms with Crippen molar-refractivity contribution in [2.45, 2.75) is 12.5 Å². The Morgan fingerprint density at radius 1 is 1.17 bits per heavy atom. The quantitative estimate of drug-likeness (QED) is 0.742. The van der Waals surface area contributed by atoms with Crippen LogP contribution in [-0.2, 0) is 16.9 Å². The second-order valence-electron chi connectivity index (χ2n) is 6.28. The highest BCUT2D eigenvalue weighted by Gasteiger charge is 2.34. The number of sulfone groups is 1. The normalized spacial score (nSPS) is 25.3. The van der Waals surface area contributed by atoms with Crippen LogP contribution in [0.5, 0.6) is 0 Å². The molecule has 0 amide bonds. The molecule has 0 aromatic carbocycles. The summed E-state index contributed by atoms with van der Waals surface area (Å²) >= 11 is 0. The number of anilines is 1. The number of rotatable bonds is 2. The molecule has 0 radical (unpaired) electrons. The molecule has 124 valence electrons. The highest BCUT2D eigenvalue weighted by atomic mass is 32.2. The van der Waals surface area contributed by atoms with Crippen LogP contribution in [0.15, 0.2) is 12.5 Å². The lowest BCUT2D eigenvalue weighted by Gasteiger charge is -2.38. The summed E-state index contributed by atoms with van der Waals surface area (Å²) in [7, 11) is -0.951. The molecule has 2 aliphatic rings. The smallest absolute Gasteiger partial charge is 0.163 e. The van der Waals surface area contributed by atoms with Gasteiger partial charge in [-0.3, -0.25) is 9.58 Å². The SMILES string of the molecule is Cn1ncc2c(N3CCN([C@@H]4CCS(=O)(=O)C4)CC3)ncnc21. The van der Waals surface area contributed by atoms with Gasteiger partial charge in [-0.25, -0.2) is 18.4 Å². The van der Waals surface area contributed by atoms with Crippen LogP contribution in [0.2, 0.25) is 0 Å². The van der Waals surface area contributed by atoms with E-state index in [2.05, 4.69) is 24.9 Å². The molecule has 1 atom stereocenters. The fraction of sp³-hybridized carbons (Fsp3) is 0.643. The van der Waals surface area contributed by atoms with Gasteiger partial charge >= 0.3 is 0 Å². The molecule has 2 aromatic heterocycles. The topological polar surface area (TPSA) is 84.2 Å². The van der Waals surface area contributed by atoms with Gasteiger partial charge in [0.05, 0.1) is 23.1 Å². The maximum Gasteiger partial charge on any atom is 0.163 e. The Kier molecular flexibility index (Phi) is 3.49. The van der Waals surface area contributed by atoms with Gasteiger partial charge in [0.15, 0.2) is 15.5 Å². The van der Waals surface area contributed by atoms with Crippen LogP contribution in [0.1, 0.15) is 6.42 Å². The van der Waals surface area contributed by atoms with Crippen LogP contribution in [0.3, 0.4) is 0 Å². The highest BCUT2D eigenvalue weighted by Crippen LogP contribution is 2.25. The maximum atomic E-state index is 11.7. The van der Waals surface area contributed by atoms with Gasteiger partial charge in [-0.15, -0.1) is 0 Å². The van der Waals surface area contributed by atoms with Crippen molar-refractivity contribution in [3.8, 4) is 0 Å². The Bertz CT molecular complexity index is 825. The molecule has 8 nitrogen and oxygen atoms in total. The van der Waals surface area contributed by atoms with Gasteiger partial charge in [0.2, 0.25) is 0 Å². The first kappa shape index (κ1) is 14.8. The van der Waals surface area contributed by atoms with Crippen molar-refractivity contribution in [3.63, 3.8) is 0 Å². The minimum absolute atomic E-state index is 0.186. The van der Waals surface area contributed by atoms with Crippen molar-refractivity contribution < 1.29 is 8.42 Å². The van der Waals surface area contributed by atoms with Crippen LogP contribution in [0.4, 0.5) is 5.82 Å². The Labute approximate surface area is 135 Å². The predicted molar refractivity (Wildman–Crippen MR) is 87.1 cm³/mol. The Hall–Kier alpha value is -1.74. The zero-order chi connectivity index (χ0) is 16.0. The van der Waals surface area contributed by atoms with E-state index < -0.39 is 9.84 Å². The van der Waals surface area contributed by atoms with Crippen LogP contribution >= 0.6 is 0 Å². The van der Waals surface area contributed by atoms with E-state index in [-0.39, 0.29) is 6.04 Å². The van der Waals surface area contributed by atoms with Crippen LogP contribution in [0, 0.1) is 0 Å². The van der Waals surface area contributed by atoms with Crippen molar-refractivity contribution >= 4 is 26.7 Å². The second-order valence-corrected chi connectivity index (χ2v) is 8.51. The average molecular weight is 336 g/mol. The van der Waals surface area contributed by atoms with Crippen molar-refractivity contribution in [1.29, 1.82) is 0 Å². The Morgan fingerprint density at radius 2 is 1.96 bits per heavy atom. The maximum absolute atomic E-state index is 11.7. The zero-order valence-electron chi connectivity index (χ0n) is 13.1. The summed E-state index contributed by atoms with van der Waals surface area (Å²) in [6.45, 7) is 3.42. The number of aryl methyl sites for hydroxylation is 1. The van der Waals surface area contributed by atoms with Crippen LogP contribution in [0.25, 0.3) is 11.0 Å². The molecule has 0 unspecified atom stereocenters. The van der Waals surface area contributed by atoms with Gasteiger partial charge in [0, 0.05) is 39.3 Å². The summed E-state index contributed by atoms with van der Waals surface area (Å²) in [5.74, 6) is 1.56. The minimum atomic E-state index is -2.82. The minimum Gasteiger partial charge on any atom is -0.353 e. The Balaban J connectivity index is 1.49. The summed E-state index contributed by atoms with van der Waals surface area (Å²) in [6, 6.07) is 0.186. The highest BCUT2D eigenvalue weighted by molar-refractivity contribution is 7.91. The third kappa shape index (κ3) is 2.67. The van der Waals surface area contributed by atoms with Gasteiger partial charge < -0.3 is 4.90 Å². The summed E-state index contributed by atoms with van der Waals surface area (Å²) in [4.78, 5) is 13.3. The molecule has 0 saturated carbocycles. The van der Waals surface area contributed by atoms with Crippen molar-refractivity contribution in [2.24, 2.45) is 7.05 Å². The first-order chi connectivity index (χ1) is 11.0. The summed E-state index contributed by atoms with van der Waals surface area (Å²) in [5, 5.41) is 5.22. The number of hydrogen-bond acceptors (Lipinski definition) is 7. The fourth-order valence-electron chi connectivity index (χ4n) is 3.56. The first-order valence-corrected chi connectivity index (χ1v) is 9.68. The molecule has 2 saturated heterocycles. The number of aromatic nitrogens is 4. The van der Waals surface area contributed by atoms with Gasteiger partial charge in [-0.2, -0.15) is 5.10 Å². The molecule has 0 bridgehead atoms. The lowest BCUT2D eigenvalue weighted by Crippen LogP contribution is -2.51. The van der Waals surface area contributed by atoms with E-state index in [0.717, 1.165) is 49.5 Å². The second kappa shape index (κ2) is 5.41. The van der Waals surface area contributed by atoms with Gasteiger partial charge in [0.1, 0.15) is 12.1 Å². The van der Waals surface area contributed by atoms with Crippen molar-refractivity contribution in [1.82, 2.24) is 24.6 Å².